The Morgan fingerprint density at radius 1 is 1.00 bits per heavy atom. The van der Waals surface area contributed by atoms with E-state index >= 15 is 0 Å². The number of ether oxygens (including phenoxy) is 1. The monoisotopic (exact) mass is 466 g/mol. The maximum absolute atomic E-state index is 12.6. The summed E-state index contributed by atoms with van der Waals surface area (Å²) >= 11 is 0. The number of amides is 2. The molecular formula is C26H30N2O6. The fourth-order valence-electron chi connectivity index (χ4n) is 5.00. The van der Waals surface area contributed by atoms with Crippen molar-refractivity contribution in [2.45, 2.75) is 50.2 Å². The van der Waals surface area contributed by atoms with Gasteiger partial charge in [0.25, 0.3) is 0 Å². The van der Waals surface area contributed by atoms with E-state index < -0.39 is 24.6 Å². The van der Waals surface area contributed by atoms with Crippen molar-refractivity contribution < 1.29 is 29.3 Å². The Hall–Kier alpha value is -3.39. The first-order chi connectivity index (χ1) is 16.4. The molecule has 2 aliphatic rings. The molecule has 0 saturated heterocycles. The first-order valence-corrected chi connectivity index (χ1v) is 11.7. The summed E-state index contributed by atoms with van der Waals surface area (Å²) < 4.78 is 5.61. The number of aliphatic hydroxyl groups is 1. The van der Waals surface area contributed by atoms with E-state index in [0.29, 0.717) is 12.8 Å². The molecule has 0 heterocycles. The van der Waals surface area contributed by atoms with Gasteiger partial charge in [-0.05, 0) is 41.5 Å². The number of benzene rings is 2. The summed E-state index contributed by atoms with van der Waals surface area (Å²) in [5.41, 5.74) is 4.63. The number of carboxylic acids is 1. The molecule has 4 N–H and O–H groups in total. The average molecular weight is 467 g/mol. The van der Waals surface area contributed by atoms with E-state index in [1.165, 1.54) is 11.1 Å². The molecule has 2 aromatic carbocycles. The smallest absolute Gasteiger partial charge is 0.407 e. The number of fused-ring (bicyclic) bond motifs is 3. The van der Waals surface area contributed by atoms with Gasteiger partial charge in [0.05, 0.1) is 12.5 Å². The van der Waals surface area contributed by atoms with Crippen LogP contribution in [-0.4, -0.2) is 53.5 Å². The third kappa shape index (κ3) is 5.56. The van der Waals surface area contributed by atoms with Crippen molar-refractivity contribution in [1.29, 1.82) is 0 Å². The quantitative estimate of drug-likeness (QED) is 0.474. The summed E-state index contributed by atoms with van der Waals surface area (Å²) in [5, 5.41) is 23.9. The van der Waals surface area contributed by atoms with Gasteiger partial charge in [-0.25, -0.2) is 4.79 Å². The van der Waals surface area contributed by atoms with Gasteiger partial charge < -0.3 is 25.6 Å². The molecule has 8 heteroatoms. The van der Waals surface area contributed by atoms with Gasteiger partial charge in [0, 0.05) is 24.4 Å². The van der Waals surface area contributed by atoms with E-state index in [2.05, 4.69) is 34.9 Å². The standard InChI is InChI=1S/C26H30N2O6/c29-18(13-24(30)31)14-27-25(32)16-6-5-7-17(12-16)28-26(33)34-15-23-21-10-3-1-8-19(21)20-9-2-4-11-22(20)23/h1-4,8-11,16-18,23,29H,5-7,12-15H2,(H,27,32)(H,28,33)(H,30,31)/t16-,17+,18?/m1/s1. The van der Waals surface area contributed by atoms with Gasteiger partial charge in [-0.1, -0.05) is 55.0 Å². The number of hydrogen-bond donors (Lipinski definition) is 4. The predicted molar refractivity (Wildman–Crippen MR) is 125 cm³/mol. The third-order valence-corrected chi connectivity index (χ3v) is 6.63. The van der Waals surface area contributed by atoms with Gasteiger partial charge in [-0.2, -0.15) is 0 Å². The second-order valence-corrected chi connectivity index (χ2v) is 9.03. The minimum Gasteiger partial charge on any atom is -0.481 e. The van der Waals surface area contributed by atoms with Crippen LogP contribution in [0.2, 0.25) is 0 Å². The number of alkyl carbamates (subject to hydrolysis) is 1. The lowest BCUT2D eigenvalue weighted by molar-refractivity contribution is -0.139. The molecule has 0 aliphatic heterocycles. The predicted octanol–water partition coefficient (Wildman–Crippen LogP) is 3.04. The fraction of sp³-hybridized carbons (Fsp3) is 0.423. The molecule has 1 fully saturated rings. The number of rotatable bonds is 8. The molecule has 0 bridgehead atoms. The minimum atomic E-state index is -1.13. The zero-order chi connectivity index (χ0) is 24.1. The summed E-state index contributed by atoms with van der Waals surface area (Å²) in [5.74, 6) is -1.67. The van der Waals surface area contributed by atoms with Crippen molar-refractivity contribution in [3.05, 3.63) is 59.7 Å². The molecule has 180 valence electrons. The Morgan fingerprint density at radius 3 is 2.29 bits per heavy atom. The summed E-state index contributed by atoms with van der Waals surface area (Å²) in [6.45, 7) is 0.129. The van der Waals surface area contributed by atoms with E-state index in [0.717, 1.165) is 24.0 Å². The zero-order valence-electron chi connectivity index (χ0n) is 18.9. The maximum Gasteiger partial charge on any atom is 0.407 e. The molecule has 0 spiro atoms. The Labute approximate surface area is 198 Å². The van der Waals surface area contributed by atoms with Gasteiger partial charge in [-0.15, -0.1) is 0 Å². The number of carbonyl (C=O) groups is 3. The normalized spacial score (nSPS) is 20.0. The van der Waals surface area contributed by atoms with Gasteiger partial charge in [-0.3, -0.25) is 9.59 Å². The Morgan fingerprint density at radius 2 is 1.65 bits per heavy atom. The highest BCUT2D eigenvalue weighted by molar-refractivity contribution is 5.80. The van der Waals surface area contributed by atoms with Crippen LogP contribution in [0.25, 0.3) is 11.1 Å². The van der Waals surface area contributed by atoms with Crippen molar-refractivity contribution in [3.63, 3.8) is 0 Å². The highest BCUT2D eigenvalue weighted by atomic mass is 16.5. The molecule has 4 rings (SSSR count). The maximum atomic E-state index is 12.6. The molecule has 1 saturated carbocycles. The molecule has 0 aromatic heterocycles. The molecule has 2 aliphatic carbocycles. The lowest BCUT2D eigenvalue weighted by atomic mass is 9.85. The molecule has 2 amide bonds. The Balaban J connectivity index is 1.27. The largest absolute Gasteiger partial charge is 0.481 e. The van der Waals surface area contributed by atoms with Crippen molar-refractivity contribution in [3.8, 4) is 11.1 Å². The van der Waals surface area contributed by atoms with E-state index in [9.17, 15) is 19.5 Å². The highest BCUT2D eigenvalue weighted by Gasteiger charge is 2.31. The van der Waals surface area contributed by atoms with Crippen LogP contribution in [0.5, 0.6) is 0 Å². The molecule has 2 aromatic rings. The zero-order valence-corrected chi connectivity index (χ0v) is 18.9. The Bertz CT molecular complexity index is 1010. The molecule has 34 heavy (non-hydrogen) atoms. The minimum absolute atomic E-state index is 0.0136. The van der Waals surface area contributed by atoms with E-state index in [1.807, 2.05) is 24.3 Å². The molecular weight excluding hydrogens is 436 g/mol. The van der Waals surface area contributed by atoms with Gasteiger partial charge in [0.2, 0.25) is 5.91 Å². The lowest BCUT2D eigenvalue weighted by Crippen LogP contribution is -2.44. The highest BCUT2D eigenvalue weighted by Crippen LogP contribution is 2.44. The first-order valence-electron chi connectivity index (χ1n) is 11.7. The second-order valence-electron chi connectivity index (χ2n) is 9.03. The average Bonchev–Trinajstić information content (AvgIpc) is 3.15. The van der Waals surface area contributed by atoms with Crippen LogP contribution in [0.15, 0.2) is 48.5 Å². The summed E-state index contributed by atoms with van der Waals surface area (Å²) in [4.78, 5) is 35.6. The number of aliphatic hydroxyl groups excluding tert-OH is 1. The summed E-state index contributed by atoms with van der Waals surface area (Å²) in [7, 11) is 0. The van der Waals surface area contributed by atoms with Crippen LogP contribution in [0.3, 0.4) is 0 Å². The third-order valence-electron chi connectivity index (χ3n) is 6.63. The van der Waals surface area contributed by atoms with Crippen LogP contribution in [-0.2, 0) is 14.3 Å². The van der Waals surface area contributed by atoms with E-state index in [-0.39, 0.29) is 36.9 Å². The topological polar surface area (TPSA) is 125 Å². The number of carbonyl (C=O) groups excluding carboxylic acids is 2. The molecule has 8 nitrogen and oxygen atoms in total. The van der Waals surface area contributed by atoms with Crippen molar-refractivity contribution in [2.24, 2.45) is 5.92 Å². The van der Waals surface area contributed by atoms with E-state index in [4.69, 9.17) is 9.84 Å². The van der Waals surface area contributed by atoms with E-state index in [1.54, 1.807) is 0 Å². The van der Waals surface area contributed by atoms with Crippen LogP contribution in [0.1, 0.15) is 49.1 Å². The molecule has 0 radical (unpaired) electrons. The first kappa shape index (κ1) is 23.8. The lowest BCUT2D eigenvalue weighted by Gasteiger charge is -2.29. The molecule has 3 atom stereocenters. The van der Waals surface area contributed by atoms with Crippen LogP contribution >= 0.6 is 0 Å². The van der Waals surface area contributed by atoms with Crippen molar-refractivity contribution in [2.75, 3.05) is 13.2 Å². The fourth-order valence-corrected chi connectivity index (χ4v) is 5.00. The van der Waals surface area contributed by atoms with Gasteiger partial charge >= 0.3 is 12.1 Å². The van der Waals surface area contributed by atoms with Crippen LogP contribution < -0.4 is 10.6 Å². The second kappa shape index (κ2) is 10.7. The van der Waals surface area contributed by atoms with Gasteiger partial charge in [0.15, 0.2) is 0 Å². The van der Waals surface area contributed by atoms with Crippen LogP contribution in [0, 0.1) is 5.92 Å². The number of nitrogens with one attached hydrogen (secondary N) is 2. The number of aliphatic carboxylic acids is 1. The Kier molecular flexibility index (Phi) is 7.47. The molecule has 1 unspecified atom stereocenters. The summed E-state index contributed by atoms with van der Waals surface area (Å²) in [6, 6.07) is 16.1. The van der Waals surface area contributed by atoms with Gasteiger partial charge in [0.1, 0.15) is 6.61 Å². The summed E-state index contributed by atoms with van der Waals surface area (Å²) in [6.07, 6.45) is 0.662. The van der Waals surface area contributed by atoms with Crippen molar-refractivity contribution >= 4 is 18.0 Å². The van der Waals surface area contributed by atoms with Crippen molar-refractivity contribution in [1.82, 2.24) is 10.6 Å². The number of hydrogen-bond acceptors (Lipinski definition) is 5. The number of carboxylic acid groups (broad SMARTS) is 1. The SMILES string of the molecule is O=C(O)CC(O)CNC(=O)[C@@H]1CCC[C@H](NC(=O)OCC2c3ccccc3-c3ccccc32)C1. The van der Waals surface area contributed by atoms with Crippen LogP contribution in [0.4, 0.5) is 4.79 Å².